The van der Waals surface area contributed by atoms with E-state index in [0.29, 0.717) is 18.0 Å². The fourth-order valence-corrected chi connectivity index (χ4v) is 2.24. The van der Waals surface area contributed by atoms with E-state index in [0.717, 1.165) is 16.8 Å². The largest absolute Gasteiger partial charge is 0.361 e. The first kappa shape index (κ1) is 15.7. The molecule has 0 amide bonds. The Labute approximate surface area is 129 Å². The molecule has 2 rings (SSSR count). The lowest BCUT2D eigenvalue weighted by Crippen LogP contribution is -2.23. The third kappa shape index (κ3) is 3.31. The van der Waals surface area contributed by atoms with Gasteiger partial charge in [-0.2, -0.15) is 5.10 Å². The van der Waals surface area contributed by atoms with Gasteiger partial charge < -0.3 is 4.52 Å². The summed E-state index contributed by atoms with van der Waals surface area (Å²) < 4.78 is 6.59. The quantitative estimate of drug-likeness (QED) is 0.795. The number of rotatable bonds is 5. The topological polar surface area (TPSA) is 60.9 Å². The van der Waals surface area contributed by atoms with Crippen molar-refractivity contribution in [2.45, 2.75) is 27.3 Å². The van der Waals surface area contributed by atoms with Crippen molar-refractivity contribution in [2.75, 3.05) is 0 Å². The van der Waals surface area contributed by atoms with E-state index in [2.05, 4.69) is 16.8 Å². The van der Waals surface area contributed by atoms with Gasteiger partial charge in [-0.1, -0.05) is 36.0 Å². The van der Waals surface area contributed by atoms with Crippen LogP contribution in [0.2, 0.25) is 0 Å². The maximum atomic E-state index is 12.0. The van der Waals surface area contributed by atoms with Crippen LogP contribution in [0.1, 0.15) is 18.4 Å². The molecule has 0 bridgehead atoms. The zero-order valence-electron chi connectivity index (χ0n) is 13.0. The third-order valence-corrected chi connectivity index (χ3v) is 3.20. The monoisotopic (exact) mass is 297 g/mol. The summed E-state index contributed by atoms with van der Waals surface area (Å²) in [6.07, 6.45) is 7.39. The number of allylic oxidation sites excluding steroid dienone is 5. The van der Waals surface area contributed by atoms with Crippen molar-refractivity contribution in [1.82, 2.24) is 14.9 Å². The van der Waals surface area contributed by atoms with E-state index in [1.165, 1.54) is 10.7 Å². The van der Waals surface area contributed by atoms with E-state index in [4.69, 9.17) is 4.52 Å². The summed E-state index contributed by atoms with van der Waals surface area (Å²) >= 11 is 0. The van der Waals surface area contributed by atoms with Gasteiger partial charge in [-0.15, -0.1) is 0 Å². The Morgan fingerprint density at radius 2 is 2.18 bits per heavy atom. The minimum atomic E-state index is -0.157. The Bertz CT molecular complexity index is 775. The minimum Gasteiger partial charge on any atom is -0.361 e. The van der Waals surface area contributed by atoms with Gasteiger partial charge in [0.25, 0.3) is 5.56 Å². The van der Waals surface area contributed by atoms with Crippen molar-refractivity contribution in [1.29, 1.82) is 0 Å². The highest BCUT2D eigenvalue weighted by Gasteiger charge is 2.14. The van der Waals surface area contributed by atoms with Crippen LogP contribution in [0.5, 0.6) is 0 Å². The Hall–Kier alpha value is -2.69. The van der Waals surface area contributed by atoms with Crippen molar-refractivity contribution in [3.05, 3.63) is 70.4 Å². The van der Waals surface area contributed by atoms with Crippen LogP contribution in [0, 0.1) is 13.8 Å². The van der Waals surface area contributed by atoms with Crippen molar-refractivity contribution in [3.63, 3.8) is 0 Å². The second-order valence-electron chi connectivity index (χ2n) is 4.89. The van der Waals surface area contributed by atoms with Crippen LogP contribution in [0.25, 0.3) is 11.3 Å². The molecule has 0 N–H and O–H groups in total. The van der Waals surface area contributed by atoms with E-state index in [-0.39, 0.29) is 5.56 Å². The molecule has 0 aliphatic heterocycles. The molecule has 0 saturated carbocycles. The minimum absolute atomic E-state index is 0.157. The number of aromatic nitrogens is 3. The van der Waals surface area contributed by atoms with Crippen LogP contribution in [-0.2, 0) is 6.54 Å². The smallest absolute Gasteiger partial charge is 0.267 e. The summed E-state index contributed by atoms with van der Waals surface area (Å²) in [4.78, 5) is 12.0. The maximum Gasteiger partial charge on any atom is 0.267 e. The van der Waals surface area contributed by atoms with E-state index in [9.17, 15) is 4.79 Å². The van der Waals surface area contributed by atoms with Crippen LogP contribution in [0.3, 0.4) is 0 Å². The molecule has 0 saturated heterocycles. The Kier molecular flexibility index (Phi) is 4.88. The number of nitrogens with zero attached hydrogens (tertiary/aromatic N) is 3. The molecule has 0 radical (unpaired) electrons. The van der Waals surface area contributed by atoms with Crippen molar-refractivity contribution >= 4 is 0 Å². The van der Waals surface area contributed by atoms with Gasteiger partial charge in [0.2, 0.25) is 0 Å². The molecule has 114 valence electrons. The summed E-state index contributed by atoms with van der Waals surface area (Å²) in [6, 6.07) is 3.20. The molecule has 22 heavy (non-hydrogen) atoms. The zero-order valence-corrected chi connectivity index (χ0v) is 13.0. The van der Waals surface area contributed by atoms with E-state index in [1.807, 2.05) is 39.0 Å². The Balaban J connectivity index is 2.46. The lowest BCUT2D eigenvalue weighted by atomic mass is 10.1. The lowest BCUT2D eigenvalue weighted by Gasteiger charge is -2.07. The zero-order chi connectivity index (χ0) is 16.1. The summed E-state index contributed by atoms with van der Waals surface area (Å²) in [5.74, 6) is 0.686. The lowest BCUT2D eigenvalue weighted by molar-refractivity contribution is 0.393. The van der Waals surface area contributed by atoms with Gasteiger partial charge in [-0.25, -0.2) is 4.68 Å². The van der Waals surface area contributed by atoms with E-state index < -0.39 is 0 Å². The van der Waals surface area contributed by atoms with Crippen LogP contribution >= 0.6 is 0 Å². The molecule has 2 aromatic rings. The molecule has 0 fully saturated rings. The first-order chi connectivity index (χ1) is 10.6. The molecule has 0 unspecified atom stereocenters. The van der Waals surface area contributed by atoms with Gasteiger partial charge in [-0.3, -0.25) is 4.79 Å². The number of hydrogen-bond donors (Lipinski definition) is 0. The highest BCUT2D eigenvalue weighted by atomic mass is 16.5. The molecule has 0 atom stereocenters. The third-order valence-electron chi connectivity index (χ3n) is 3.20. The SMILES string of the molecule is C=C/C=C(\C=C/C)Cn1nc(-c2c(C)noc2C)ccc1=O. The van der Waals surface area contributed by atoms with Gasteiger partial charge in [0.1, 0.15) is 5.76 Å². The Morgan fingerprint density at radius 3 is 2.77 bits per heavy atom. The molecular weight excluding hydrogens is 278 g/mol. The molecule has 5 heteroatoms. The fourth-order valence-electron chi connectivity index (χ4n) is 2.24. The molecule has 2 aromatic heterocycles. The van der Waals surface area contributed by atoms with Crippen molar-refractivity contribution in [2.24, 2.45) is 0 Å². The predicted molar refractivity (Wildman–Crippen MR) is 86.6 cm³/mol. The van der Waals surface area contributed by atoms with Crippen LogP contribution in [0.15, 0.2) is 57.9 Å². The second kappa shape index (κ2) is 6.85. The predicted octanol–water partition coefficient (Wildman–Crippen LogP) is 3.20. The Morgan fingerprint density at radius 1 is 1.41 bits per heavy atom. The van der Waals surface area contributed by atoms with E-state index in [1.54, 1.807) is 12.1 Å². The normalized spacial score (nSPS) is 12.0. The molecule has 5 nitrogen and oxygen atoms in total. The van der Waals surface area contributed by atoms with Gasteiger partial charge in [0, 0.05) is 6.07 Å². The van der Waals surface area contributed by atoms with Crippen molar-refractivity contribution < 1.29 is 4.52 Å². The molecule has 0 aliphatic carbocycles. The highest BCUT2D eigenvalue weighted by molar-refractivity contribution is 5.62. The first-order valence-electron chi connectivity index (χ1n) is 7.02. The van der Waals surface area contributed by atoms with Crippen LogP contribution in [0.4, 0.5) is 0 Å². The van der Waals surface area contributed by atoms with E-state index >= 15 is 0 Å². The number of hydrogen-bond acceptors (Lipinski definition) is 4. The van der Waals surface area contributed by atoms with Gasteiger partial charge >= 0.3 is 0 Å². The molecule has 2 heterocycles. The fraction of sp³-hybridized carbons (Fsp3) is 0.235. The summed E-state index contributed by atoms with van der Waals surface area (Å²) in [7, 11) is 0. The van der Waals surface area contributed by atoms with Crippen LogP contribution in [-0.4, -0.2) is 14.9 Å². The molecular formula is C17H19N3O2. The summed E-state index contributed by atoms with van der Waals surface area (Å²) in [5.41, 5.74) is 3.05. The average molecular weight is 297 g/mol. The van der Waals surface area contributed by atoms with Gasteiger partial charge in [0.15, 0.2) is 0 Å². The molecule has 0 aromatic carbocycles. The molecule has 0 aliphatic rings. The first-order valence-corrected chi connectivity index (χ1v) is 7.02. The standard InChI is InChI=1S/C17H19N3O2/c1-5-7-14(8-6-2)11-20-16(21)10-9-15(18-20)17-12(3)19-22-13(17)4/h5-10H,1,11H2,2-4H3/b8-6-,14-7+. The number of aryl methyl sites for hydroxylation is 2. The summed E-state index contributed by atoms with van der Waals surface area (Å²) in [5, 5.41) is 8.36. The molecule has 0 spiro atoms. The van der Waals surface area contributed by atoms with Crippen LogP contribution < -0.4 is 5.56 Å². The second-order valence-corrected chi connectivity index (χ2v) is 4.89. The highest BCUT2D eigenvalue weighted by Crippen LogP contribution is 2.23. The van der Waals surface area contributed by atoms with Gasteiger partial charge in [0.05, 0.1) is 23.5 Å². The van der Waals surface area contributed by atoms with Crippen molar-refractivity contribution in [3.8, 4) is 11.3 Å². The van der Waals surface area contributed by atoms with Gasteiger partial charge in [-0.05, 0) is 32.4 Å². The summed E-state index contributed by atoms with van der Waals surface area (Å²) in [6.45, 7) is 9.68. The maximum absolute atomic E-state index is 12.0. The average Bonchev–Trinajstić information content (AvgIpc) is 2.81.